The van der Waals surface area contributed by atoms with Crippen molar-refractivity contribution < 1.29 is 17.9 Å². The summed E-state index contributed by atoms with van der Waals surface area (Å²) in [5.41, 5.74) is 3.43. The van der Waals surface area contributed by atoms with Gasteiger partial charge < -0.3 is 9.15 Å². The van der Waals surface area contributed by atoms with E-state index in [2.05, 4.69) is 56.1 Å². The minimum Gasteiger partial charge on any atom is -0.453 e. The van der Waals surface area contributed by atoms with E-state index in [1.807, 2.05) is 12.1 Å². The number of rotatable bonds is 8. The summed E-state index contributed by atoms with van der Waals surface area (Å²) in [5.74, 6) is -0.118. The normalized spacial score (nSPS) is 17.2. The van der Waals surface area contributed by atoms with Gasteiger partial charge >= 0.3 is 6.43 Å². The Morgan fingerprint density at radius 2 is 1.67 bits per heavy atom. The SMILES string of the molecule is CC(C)N1CCN(Cc2ccc(C3=NN(Cc4ccc(-c5nnc(C(F)F)o5)cn4)CO3)cc2)CC1. The number of hydrogen-bond donors (Lipinski definition) is 0. The van der Waals surface area contributed by atoms with Crippen LogP contribution in [0.2, 0.25) is 0 Å². The van der Waals surface area contributed by atoms with Crippen molar-refractivity contribution in [2.75, 3.05) is 32.9 Å². The molecule has 0 atom stereocenters. The molecule has 0 amide bonds. The highest BCUT2D eigenvalue weighted by atomic mass is 19.3. The van der Waals surface area contributed by atoms with Crippen LogP contribution in [0.5, 0.6) is 0 Å². The highest BCUT2D eigenvalue weighted by molar-refractivity contribution is 5.94. The van der Waals surface area contributed by atoms with Crippen molar-refractivity contribution >= 4 is 5.90 Å². The van der Waals surface area contributed by atoms with Gasteiger partial charge in [-0.2, -0.15) is 8.78 Å². The molecule has 3 aromatic rings. The minimum atomic E-state index is -2.80. The van der Waals surface area contributed by atoms with Crippen LogP contribution in [0.25, 0.3) is 11.5 Å². The molecule has 1 saturated heterocycles. The molecule has 0 bridgehead atoms. The quantitative estimate of drug-likeness (QED) is 0.466. The van der Waals surface area contributed by atoms with Gasteiger partial charge in [-0.05, 0) is 43.7 Å². The number of hydrazone groups is 1. The van der Waals surface area contributed by atoms with Crippen molar-refractivity contribution in [2.24, 2.45) is 5.10 Å². The van der Waals surface area contributed by atoms with Gasteiger partial charge in [0.05, 0.1) is 17.8 Å². The molecular weight excluding hydrogens is 468 g/mol. The third kappa shape index (κ3) is 5.68. The Morgan fingerprint density at radius 1 is 0.917 bits per heavy atom. The standard InChI is InChI=1S/C25H29F2N7O2/c1-17(2)33-11-9-32(10-12-33)14-18-3-5-19(6-4-18)24-31-34(16-35-24)15-21-8-7-20(13-28-21)23-29-30-25(36-23)22(26)27/h3-8,13,17,22H,9-12,14-16H2,1-2H3. The molecule has 0 radical (unpaired) electrons. The number of halogens is 2. The number of nitrogens with zero attached hydrogens (tertiary/aromatic N) is 7. The highest BCUT2D eigenvalue weighted by Gasteiger charge is 2.21. The van der Waals surface area contributed by atoms with E-state index in [0.29, 0.717) is 30.8 Å². The molecular formula is C25H29F2N7O2. The van der Waals surface area contributed by atoms with Crippen molar-refractivity contribution in [1.82, 2.24) is 30.0 Å². The van der Waals surface area contributed by atoms with Crippen LogP contribution in [0.1, 0.15) is 43.0 Å². The molecule has 1 aromatic carbocycles. The van der Waals surface area contributed by atoms with Crippen molar-refractivity contribution in [3.8, 4) is 11.5 Å². The Bertz CT molecular complexity index is 1170. The Kier molecular flexibility index (Phi) is 7.19. The number of pyridine rings is 1. The van der Waals surface area contributed by atoms with Crippen LogP contribution in [0.3, 0.4) is 0 Å². The van der Waals surface area contributed by atoms with E-state index in [0.717, 1.165) is 44.0 Å². The fourth-order valence-electron chi connectivity index (χ4n) is 4.26. The van der Waals surface area contributed by atoms with Gasteiger partial charge in [-0.15, -0.1) is 15.3 Å². The Labute approximate surface area is 208 Å². The van der Waals surface area contributed by atoms with E-state index in [1.54, 1.807) is 17.1 Å². The smallest absolute Gasteiger partial charge is 0.314 e. The number of ether oxygens (including phenoxy) is 1. The number of aromatic nitrogens is 3. The van der Waals surface area contributed by atoms with Gasteiger partial charge in [-0.1, -0.05) is 12.1 Å². The van der Waals surface area contributed by atoms with Gasteiger partial charge in [-0.25, -0.2) is 0 Å². The molecule has 11 heteroatoms. The molecule has 0 saturated carbocycles. The molecule has 2 aromatic heterocycles. The molecule has 1 fully saturated rings. The van der Waals surface area contributed by atoms with Crippen LogP contribution in [0, 0.1) is 0 Å². The molecule has 0 unspecified atom stereocenters. The van der Waals surface area contributed by atoms with Crippen LogP contribution < -0.4 is 0 Å². The van der Waals surface area contributed by atoms with Gasteiger partial charge in [0.2, 0.25) is 11.8 Å². The summed E-state index contributed by atoms with van der Waals surface area (Å²) in [5, 5.41) is 13.3. The lowest BCUT2D eigenvalue weighted by Crippen LogP contribution is -2.48. The maximum absolute atomic E-state index is 12.6. The molecule has 36 heavy (non-hydrogen) atoms. The topological polar surface area (TPSA) is 83.1 Å². The first-order valence-electron chi connectivity index (χ1n) is 12.0. The average molecular weight is 498 g/mol. The maximum atomic E-state index is 12.6. The van der Waals surface area contributed by atoms with Crippen LogP contribution in [0.4, 0.5) is 8.78 Å². The summed E-state index contributed by atoms with van der Waals surface area (Å²) in [6.45, 7) is 10.6. The Balaban J connectivity index is 1.15. The molecule has 5 rings (SSSR count). The molecule has 9 nitrogen and oxygen atoms in total. The Hall–Kier alpha value is -3.44. The third-order valence-corrected chi connectivity index (χ3v) is 6.37. The first-order valence-corrected chi connectivity index (χ1v) is 12.0. The predicted octanol–water partition coefficient (Wildman–Crippen LogP) is 3.75. The van der Waals surface area contributed by atoms with E-state index >= 15 is 0 Å². The first kappa shape index (κ1) is 24.3. The monoisotopic (exact) mass is 497 g/mol. The van der Waals surface area contributed by atoms with Crippen molar-refractivity contribution in [3.05, 3.63) is 65.3 Å². The van der Waals surface area contributed by atoms with E-state index in [1.165, 1.54) is 11.8 Å². The molecule has 2 aliphatic heterocycles. The van der Waals surface area contributed by atoms with Crippen LogP contribution in [0.15, 0.2) is 52.1 Å². The lowest BCUT2D eigenvalue weighted by atomic mass is 10.1. The van der Waals surface area contributed by atoms with Gasteiger partial charge in [0.1, 0.15) is 0 Å². The highest BCUT2D eigenvalue weighted by Crippen LogP contribution is 2.23. The first-order chi connectivity index (χ1) is 17.4. The largest absolute Gasteiger partial charge is 0.453 e. The van der Waals surface area contributed by atoms with Crippen LogP contribution >= 0.6 is 0 Å². The third-order valence-electron chi connectivity index (χ3n) is 6.37. The van der Waals surface area contributed by atoms with E-state index in [-0.39, 0.29) is 5.89 Å². The second kappa shape index (κ2) is 10.7. The molecule has 2 aliphatic rings. The molecule has 0 N–H and O–H groups in total. The van der Waals surface area contributed by atoms with Gasteiger partial charge in [-0.3, -0.25) is 19.8 Å². The molecule has 0 spiro atoms. The van der Waals surface area contributed by atoms with Gasteiger partial charge in [0.25, 0.3) is 5.89 Å². The molecule has 0 aliphatic carbocycles. The maximum Gasteiger partial charge on any atom is 0.314 e. The summed E-state index contributed by atoms with van der Waals surface area (Å²) in [6, 6.07) is 12.4. The molecule has 190 valence electrons. The van der Waals surface area contributed by atoms with Crippen molar-refractivity contribution in [1.29, 1.82) is 0 Å². The Morgan fingerprint density at radius 3 is 2.31 bits per heavy atom. The predicted molar refractivity (Wildman–Crippen MR) is 129 cm³/mol. The number of benzene rings is 1. The lowest BCUT2D eigenvalue weighted by molar-refractivity contribution is 0.104. The summed E-state index contributed by atoms with van der Waals surface area (Å²) >= 11 is 0. The number of piperazine rings is 1. The average Bonchev–Trinajstić information content (AvgIpc) is 3.56. The minimum absolute atomic E-state index is 0.00965. The van der Waals surface area contributed by atoms with Gasteiger partial charge in [0.15, 0.2) is 6.73 Å². The van der Waals surface area contributed by atoms with Crippen LogP contribution in [-0.4, -0.2) is 74.8 Å². The van der Waals surface area contributed by atoms with Crippen LogP contribution in [-0.2, 0) is 17.8 Å². The van der Waals surface area contributed by atoms with E-state index < -0.39 is 12.3 Å². The second-order valence-corrected chi connectivity index (χ2v) is 9.23. The van der Waals surface area contributed by atoms with E-state index in [4.69, 9.17) is 9.15 Å². The summed E-state index contributed by atoms with van der Waals surface area (Å²) in [4.78, 5) is 9.37. The zero-order valence-corrected chi connectivity index (χ0v) is 20.3. The number of hydrogen-bond acceptors (Lipinski definition) is 9. The second-order valence-electron chi connectivity index (χ2n) is 9.23. The summed E-state index contributed by atoms with van der Waals surface area (Å²) in [6.07, 6.45) is -1.29. The lowest BCUT2D eigenvalue weighted by Gasteiger charge is -2.36. The van der Waals surface area contributed by atoms with E-state index in [9.17, 15) is 8.78 Å². The van der Waals surface area contributed by atoms with Crippen molar-refractivity contribution in [2.45, 2.75) is 39.4 Å². The fourth-order valence-corrected chi connectivity index (χ4v) is 4.26. The zero-order chi connectivity index (χ0) is 25.1. The zero-order valence-electron chi connectivity index (χ0n) is 20.3. The molecule has 4 heterocycles. The van der Waals surface area contributed by atoms with Crippen molar-refractivity contribution in [3.63, 3.8) is 0 Å². The fraction of sp³-hybridized carbons (Fsp3) is 0.440. The summed E-state index contributed by atoms with van der Waals surface area (Å²) < 4.78 is 36.0. The van der Waals surface area contributed by atoms with Gasteiger partial charge in [0, 0.05) is 50.5 Å². The summed E-state index contributed by atoms with van der Waals surface area (Å²) in [7, 11) is 0. The number of alkyl halides is 2.